The van der Waals surface area contributed by atoms with Crippen molar-refractivity contribution in [3.8, 4) is 22.4 Å². The number of hydrogen-bond donors (Lipinski definition) is 1. The van der Waals surface area contributed by atoms with Crippen molar-refractivity contribution in [3.05, 3.63) is 64.6 Å². The highest BCUT2D eigenvalue weighted by atomic mass is 79.9. The number of nitrogens with two attached hydrogens (primary N) is 1. The average Bonchev–Trinajstić information content (AvgIpc) is 2.61. The van der Waals surface area contributed by atoms with Crippen LogP contribution in [0.15, 0.2) is 59.5 Å². The number of nitrogen functional groups attached to an aromatic ring is 1. The van der Waals surface area contributed by atoms with Crippen LogP contribution in [0.25, 0.3) is 33.4 Å². The molecule has 5 nitrogen and oxygen atoms in total. The van der Waals surface area contributed by atoms with Crippen molar-refractivity contribution < 1.29 is 0 Å². The predicted octanol–water partition coefficient (Wildman–Crippen LogP) is 4.75. The summed E-state index contributed by atoms with van der Waals surface area (Å²) in [5.74, 6) is 0.397. The summed E-state index contributed by atoms with van der Waals surface area (Å²) in [6, 6.07) is 13.5. The maximum Gasteiger partial charge on any atom is 0.165 e. The van der Waals surface area contributed by atoms with Crippen LogP contribution < -0.4 is 5.73 Å². The van der Waals surface area contributed by atoms with Gasteiger partial charge < -0.3 is 5.73 Å². The highest BCUT2D eigenvalue weighted by Gasteiger charge is 2.14. The summed E-state index contributed by atoms with van der Waals surface area (Å²) in [6.07, 6.45) is 3.10. The maximum atomic E-state index is 6.11. The number of hydrogen-bond acceptors (Lipinski definition) is 5. The average molecular weight is 413 g/mol. The molecule has 0 spiro atoms. The van der Waals surface area contributed by atoms with E-state index in [-0.39, 0.29) is 0 Å². The lowest BCUT2D eigenvalue weighted by Crippen LogP contribution is -1.98. The SMILES string of the molecule is Nc1ncnc2nc(-c3ccc(Cl)nc3)cc(-c3cccc(Br)c3)c12. The van der Waals surface area contributed by atoms with Gasteiger partial charge in [0.05, 0.1) is 11.1 Å². The highest BCUT2D eigenvalue weighted by Crippen LogP contribution is 2.34. The third kappa shape index (κ3) is 3.06. The van der Waals surface area contributed by atoms with Crippen molar-refractivity contribution in [2.75, 3.05) is 5.73 Å². The lowest BCUT2D eigenvalue weighted by atomic mass is 10.0. The smallest absolute Gasteiger partial charge is 0.165 e. The molecule has 0 saturated carbocycles. The van der Waals surface area contributed by atoms with Crippen LogP contribution in [0.2, 0.25) is 5.15 Å². The molecule has 7 heteroatoms. The van der Waals surface area contributed by atoms with Crippen molar-refractivity contribution in [2.45, 2.75) is 0 Å². The fourth-order valence-corrected chi connectivity index (χ4v) is 3.16. The molecular formula is C18H11BrClN5. The molecule has 0 aliphatic carbocycles. The van der Waals surface area contributed by atoms with E-state index in [9.17, 15) is 0 Å². The van der Waals surface area contributed by atoms with Gasteiger partial charge in [-0.3, -0.25) is 0 Å². The first-order valence-corrected chi connectivity index (χ1v) is 8.58. The molecule has 0 radical (unpaired) electrons. The van der Waals surface area contributed by atoms with Crippen LogP contribution in [0.1, 0.15) is 0 Å². The van der Waals surface area contributed by atoms with Crippen molar-refractivity contribution in [1.29, 1.82) is 0 Å². The number of fused-ring (bicyclic) bond motifs is 1. The van der Waals surface area contributed by atoms with Gasteiger partial charge in [-0.2, -0.15) is 0 Å². The van der Waals surface area contributed by atoms with Crippen molar-refractivity contribution in [1.82, 2.24) is 19.9 Å². The number of pyridine rings is 2. The summed E-state index contributed by atoms with van der Waals surface area (Å²) in [6.45, 7) is 0. The molecule has 122 valence electrons. The van der Waals surface area contributed by atoms with Crippen LogP contribution in [0.3, 0.4) is 0 Å². The minimum absolute atomic E-state index is 0.397. The normalized spacial score (nSPS) is 11.0. The highest BCUT2D eigenvalue weighted by molar-refractivity contribution is 9.10. The van der Waals surface area contributed by atoms with E-state index in [0.717, 1.165) is 32.2 Å². The molecule has 0 fully saturated rings. The van der Waals surface area contributed by atoms with Gasteiger partial charge in [0.2, 0.25) is 0 Å². The monoisotopic (exact) mass is 411 g/mol. The zero-order valence-corrected chi connectivity index (χ0v) is 15.2. The molecule has 4 aromatic rings. The van der Waals surface area contributed by atoms with Gasteiger partial charge in [0.25, 0.3) is 0 Å². The molecule has 0 amide bonds. The van der Waals surface area contributed by atoms with E-state index >= 15 is 0 Å². The fourth-order valence-electron chi connectivity index (χ4n) is 2.65. The van der Waals surface area contributed by atoms with E-state index in [1.165, 1.54) is 6.33 Å². The molecule has 3 heterocycles. The summed E-state index contributed by atoms with van der Waals surface area (Å²) in [5.41, 5.74) is 10.1. The van der Waals surface area contributed by atoms with E-state index in [1.807, 2.05) is 36.4 Å². The van der Waals surface area contributed by atoms with Crippen LogP contribution in [0.4, 0.5) is 5.82 Å². The van der Waals surface area contributed by atoms with E-state index in [1.54, 1.807) is 12.3 Å². The first kappa shape index (κ1) is 15.9. The Bertz CT molecular complexity index is 1080. The molecule has 0 aliphatic heterocycles. The topological polar surface area (TPSA) is 77.6 Å². The van der Waals surface area contributed by atoms with Crippen molar-refractivity contribution in [3.63, 3.8) is 0 Å². The van der Waals surface area contributed by atoms with Gasteiger partial charge in [-0.25, -0.2) is 19.9 Å². The zero-order chi connectivity index (χ0) is 17.4. The first-order valence-electron chi connectivity index (χ1n) is 7.41. The number of aromatic nitrogens is 4. The second kappa shape index (κ2) is 6.38. The van der Waals surface area contributed by atoms with Gasteiger partial charge in [0.15, 0.2) is 5.65 Å². The Morgan fingerprint density at radius 1 is 0.960 bits per heavy atom. The van der Waals surface area contributed by atoms with Gasteiger partial charge in [0.1, 0.15) is 17.3 Å². The van der Waals surface area contributed by atoms with Gasteiger partial charge in [-0.1, -0.05) is 39.7 Å². The fraction of sp³-hybridized carbons (Fsp3) is 0. The number of rotatable bonds is 2. The van der Waals surface area contributed by atoms with Crippen LogP contribution in [-0.4, -0.2) is 19.9 Å². The molecule has 0 saturated heterocycles. The standard InChI is InChI=1S/C18H11BrClN5/c19-12-3-1-2-10(6-12)13-7-14(11-4-5-15(20)22-8-11)25-18-16(13)17(21)23-9-24-18/h1-9H,(H2,21,23,24,25). The molecule has 3 aromatic heterocycles. The summed E-state index contributed by atoms with van der Waals surface area (Å²) < 4.78 is 0.972. The molecule has 25 heavy (non-hydrogen) atoms. The quantitative estimate of drug-likeness (QED) is 0.481. The first-order chi connectivity index (χ1) is 12.1. The van der Waals surface area contributed by atoms with E-state index in [4.69, 9.17) is 17.3 Å². The lowest BCUT2D eigenvalue weighted by Gasteiger charge is -2.11. The molecule has 0 aliphatic rings. The van der Waals surface area contributed by atoms with Crippen LogP contribution >= 0.6 is 27.5 Å². The minimum Gasteiger partial charge on any atom is -0.383 e. The van der Waals surface area contributed by atoms with Crippen LogP contribution in [-0.2, 0) is 0 Å². The zero-order valence-electron chi connectivity index (χ0n) is 12.8. The molecule has 1 aromatic carbocycles. The van der Waals surface area contributed by atoms with Gasteiger partial charge in [-0.15, -0.1) is 0 Å². The molecular weight excluding hydrogens is 402 g/mol. The van der Waals surface area contributed by atoms with Gasteiger partial charge >= 0.3 is 0 Å². The number of nitrogens with zero attached hydrogens (tertiary/aromatic N) is 4. The Kier molecular flexibility index (Phi) is 4.07. The molecule has 2 N–H and O–H groups in total. The lowest BCUT2D eigenvalue weighted by molar-refractivity contribution is 1.19. The molecule has 0 unspecified atom stereocenters. The Morgan fingerprint density at radius 3 is 2.60 bits per heavy atom. The number of halogens is 2. The van der Waals surface area contributed by atoms with E-state index in [0.29, 0.717) is 16.6 Å². The van der Waals surface area contributed by atoms with Crippen molar-refractivity contribution >= 4 is 44.4 Å². The third-order valence-corrected chi connectivity index (χ3v) is 4.51. The second-order valence-electron chi connectivity index (χ2n) is 5.39. The summed E-state index contributed by atoms with van der Waals surface area (Å²) in [7, 11) is 0. The number of benzene rings is 1. The van der Waals surface area contributed by atoms with Crippen LogP contribution in [0, 0.1) is 0 Å². The Morgan fingerprint density at radius 2 is 1.84 bits per heavy atom. The molecule has 0 atom stereocenters. The van der Waals surface area contributed by atoms with Crippen molar-refractivity contribution in [2.24, 2.45) is 0 Å². The Labute approximate surface area is 157 Å². The minimum atomic E-state index is 0.397. The van der Waals surface area contributed by atoms with Crippen LogP contribution in [0.5, 0.6) is 0 Å². The summed E-state index contributed by atoms with van der Waals surface area (Å²) >= 11 is 9.40. The Balaban J connectivity index is 2.03. The van der Waals surface area contributed by atoms with E-state index < -0.39 is 0 Å². The molecule has 0 bridgehead atoms. The second-order valence-corrected chi connectivity index (χ2v) is 6.70. The largest absolute Gasteiger partial charge is 0.383 e. The summed E-state index contributed by atoms with van der Waals surface area (Å²) in [5, 5.41) is 1.16. The van der Waals surface area contributed by atoms with Gasteiger partial charge in [0, 0.05) is 16.2 Å². The maximum absolute atomic E-state index is 6.11. The Hall–Kier alpha value is -2.57. The van der Waals surface area contributed by atoms with E-state index in [2.05, 4.69) is 35.9 Å². The third-order valence-electron chi connectivity index (χ3n) is 3.79. The summed E-state index contributed by atoms with van der Waals surface area (Å²) in [4.78, 5) is 17.2. The predicted molar refractivity (Wildman–Crippen MR) is 103 cm³/mol. The number of anilines is 1. The van der Waals surface area contributed by atoms with Gasteiger partial charge in [-0.05, 0) is 41.5 Å². The molecule has 4 rings (SSSR count).